The summed E-state index contributed by atoms with van der Waals surface area (Å²) in [4.78, 5) is 15.9. The van der Waals surface area contributed by atoms with Gasteiger partial charge in [0.05, 0.1) is 0 Å². The lowest BCUT2D eigenvalue weighted by Gasteiger charge is -2.12. The highest BCUT2D eigenvalue weighted by atomic mass is 16.5. The number of carboxylic acids is 1. The standard InChI is InChI=1S/C17H17NO3/c1-10-6-7-15(11(2)8-10)21-16-13(17(19)20)9-12-4-3-5-14(12)18-16/h6-9H,3-5H2,1-2H3,(H,19,20). The third-order valence-electron chi connectivity index (χ3n) is 3.78. The lowest BCUT2D eigenvalue weighted by molar-refractivity contribution is 0.0693. The summed E-state index contributed by atoms with van der Waals surface area (Å²) in [6.45, 7) is 3.95. The van der Waals surface area contributed by atoms with Gasteiger partial charge >= 0.3 is 5.97 Å². The van der Waals surface area contributed by atoms with Crippen LogP contribution in [0.3, 0.4) is 0 Å². The van der Waals surface area contributed by atoms with Crippen LogP contribution in [-0.4, -0.2) is 16.1 Å². The summed E-state index contributed by atoms with van der Waals surface area (Å²) < 4.78 is 5.79. The van der Waals surface area contributed by atoms with Crippen LogP contribution in [-0.2, 0) is 12.8 Å². The van der Waals surface area contributed by atoms with E-state index in [4.69, 9.17) is 4.74 Å². The highest BCUT2D eigenvalue weighted by Gasteiger charge is 2.21. The fourth-order valence-electron chi connectivity index (χ4n) is 2.70. The zero-order chi connectivity index (χ0) is 15.0. The van der Waals surface area contributed by atoms with E-state index >= 15 is 0 Å². The molecular formula is C17H17NO3. The molecule has 0 unspecified atom stereocenters. The van der Waals surface area contributed by atoms with Crippen LogP contribution in [0.1, 0.15) is 39.2 Å². The van der Waals surface area contributed by atoms with Gasteiger partial charge in [-0.1, -0.05) is 17.7 Å². The first-order valence-corrected chi connectivity index (χ1v) is 7.06. The van der Waals surface area contributed by atoms with Crippen molar-refractivity contribution in [3.63, 3.8) is 0 Å². The Bertz CT molecular complexity index is 722. The van der Waals surface area contributed by atoms with Gasteiger partial charge < -0.3 is 9.84 Å². The SMILES string of the molecule is Cc1ccc(Oc2nc3c(cc2C(=O)O)CCC3)c(C)c1. The Morgan fingerprint density at radius 1 is 1.24 bits per heavy atom. The van der Waals surface area contributed by atoms with Crippen LogP contribution < -0.4 is 4.74 Å². The Morgan fingerprint density at radius 2 is 2.05 bits per heavy atom. The Morgan fingerprint density at radius 3 is 2.76 bits per heavy atom. The zero-order valence-corrected chi connectivity index (χ0v) is 12.1. The Balaban J connectivity index is 2.03. The van der Waals surface area contributed by atoms with Gasteiger partial charge in [-0.15, -0.1) is 0 Å². The molecule has 4 heteroatoms. The van der Waals surface area contributed by atoms with Gasteiger partial charge in [-0.3, -0.25) is 0 Å². The number of rotatable bonds is 3. The molecule has 2 aromatic rings. The predicted molar refractivity (Wildman–Crippen MR) is 79.2 cm³/mol. The predicted octanol–water partition coefficient (Wildman–Crippen LogP) is 3.68. The molecule has 1 aliphatic carbocycles. The lowest BCUT2D eigenvalue weighted by atomic mass is 10.1. The molecule has 1 aromatic carbocycles. The average Bonchev–Trinajstić information content (AvgIpc) is 2.88. The molecule has 0 radical (unpaired) electrons. The molecule has 0 saturated carbocycles. The van der Waals surface area contributed by atoms with Gasteiger partial charge in [-0.2, -0.15) is 0 Å². The van der Waals surface area contributed by atoms with Crippen molar-refractivity contribution in [2.45, 2.75) is 33.1 Å². The molecule has 21 heavy (non-hydrogen) atoms. The molecule has 0 spiro atoms. The van der Waals surface area contributed by atoms with E-state index in [2.05, 4.69) is 4.98 Å². The molecule has 1 aliphatic rings. The van der Waals surface area contributed by atoms with E-state index in [1.54, 1.807) is 6.07 Å². The van der Waals surface area contributed by atoms with Crippen molar-refractivity contribution < 1.29 is 14.6 Å². The molecule has 0 bridgehead atoms. The number of hydrogen-bond acceptors (Lipinski definition) is 3. The maximum atomic E-state index is 11.4. The van der Waals surface area contributed by atoms with Gasteiger partial charge in [0, 0.05) is 5.69 Å². The normalized spacial score (nSPS) is 13.0. The van der Waals surface area contributed by atoms with Crippen LogP contribution in [0, 0.1) is 13.8 Å². The largest absolute Gasteiger partial charge is 0.477 e. The van der Waals surface area contributed by atoms with Crippen LogP contribution in [0.25, 0.3) is 0 Å². The molecule has 1 aromatic heterocycles. The van der Waals surface area contributed by atoms with Gasteiger partial charge in [0.25, 0.3) is 0 Å². The molecule has 0 amide bonds. The van der Waals surface area contributed by atoms with Crippen LogP contribution in [0.5, 0.6) is 11.6 Å². The summed E-state index contributed by atoms with van der Waals surface area (Å²) in [7, 11) is 0. The van der Waals surface area contributed by atoms with Crippen molar-refractivity contribution in [3.05, 3.63) is 52.2 Å². The molecule has 0 aliphatic heterocycles. The van der Waals surface area contributed by atoms with Crippen molar-refractivity contribution in [2.24, 2.45) is 0 Å². The highest BCUT2D eigenvalue weighted by Crippen LogP contribution is 2.31. The van der Waals surface area contributed by atoms with Crippen LogP contribution in [0.2, 0.25) is 0 Å². The van der Waals surface area contributed by atoms with Crippen molar-refractivity contribution in [1.29, 1.82) is 0 Å². The fourth-order valence-corrected chi connectivity index (χ4v) is 2.70. The van der Waals surface area contributed by atoms with E-state index < -0.39 is 5.97 Å². The van der Waals surface area contributed by atoms with E-state index in [0.29, 0.717) is 5.75 Å². The summed E-state index contributed by atoms with van der Waals surface area (Å²) >= 11 is 0. The topological polar surface area (TPSA) is 59.4 Å². The molecular weight excluding hydrogens is 266 g/mol. The minimum atomic E-state index is -1.00. The van der Waals surface area contributed by atoms with E-state index in [1.807, 2.05) is 32.0 Å². The second-order valence-corrected chi connectivity index (χ2v) is 5.48. The first-order chi connectivity index (χ1) is 10.0. The highest BCUT2D eigenvalue weighted by molar-refractivity contribution is 5.90. The number of aromatic nitrogens is 1. The zero-order valence-electron chi connectivity index (χ0n) is 12.1. The molecule has 1 N–H and O–H groups in total. The second kappa shape index (κ2) is 5.20. The fraction of sp³-hybridized carbons (Fsp3) is 0.294. The van der Waals surface area contributed by atoms with Gasteiger partial charge in [-0.05, 0) is 56.4 Å². The molecule has 0 atom stereocenters. The lowest BCUT2D eigenvalue weighted by Crippen LogP contribution is -2.05. The smallest absolute Gasteiger partial charge is 0.341 e. The number of carboxylic acid groups (broad SMARTS) is 1. The van der Waals surface area contributed by atoms with Crippen LogP contribution >= 0.6 is 0 Å². The quantitative estimate of drug-likeness (QED) is 0.933. The summed E-state index contributed by atoms with van der Waals surface area (Å²) in [6, 6.07) is 7.50. The molecule has 1 heterocycles. The number of aryl methyl sites for hydroxylation is 4. The van der Waals surface area contributed by atoms with E-state index in [-0.39, 0.29) is 11.4 Å². The Kier molecular flexibility index (Phi) is 3.37. The number of ether oxygens (including phenoxy) is 1. The third-order valence-corrected chi connectivity index (χ3v) is 3.78. The van der Waals surface area contributed by atoms with E-state index in [0.717, 1.165) is 41.6 Å². The summed E-state index contributed by atoms with van der Waals surface area (Å²) in [5.74, 6) is -0.166. The molecule has 4 nitrogen and oxygen atoms in total. The van der Waals surface area contributed by atoms with Gasteiger partial charge in [0.2, 0.25) is 5.88 Å². The van der Waals surface area contributed by atoms with Gasteiger partial charge in [-0.25, -0.2) is 9.78 Å². The third kappa shape index (κ3) is 2.61. The van der Waals surface area contributed by atoms with Crippen LogP contribution in [0.15, 0.2) is 24.3 Å². The van der Waals surface area contributed by atoms with E-state index in [1.165, 1.54) is 0 Å². The first kappa shape index (κ1) is 13.6. The number of fused-ring (bicyclic) bond motifs is 1. The van der Waals surface area contributed by atoms with Crippen molar-refractivity contribution in [2.75, 3.05) is 0 Å². The maximum Gasteiger partial charge on any atom is 0.341 e. The van der Waals surface area contributed by atoms with Crippen LogP contribution in [0.4, 0.5) is 0 Å². The molecule has 108 valence electrons. The first-order valence-electron chi connectivity index (χ1n) is 7.06. The summed E-state index contributed by atoms with van der Waals surface area (Å²) in [5, 5.41) is 9.37. The average molecular weight is 283 g/mol. The minimum Gasteiger partial charge on any atom is -0.477 e. The Labute approximate surface area is 123 Å². The molecule has 0 fully saturated rings. The number of hydrogen-bond donors (Lipinski definition) is 1. The number of carbonyl (C=O) groups is 1. The summed E-state index contributed by atoms with van der Waals surface area (Å²) in [5.41, 5.74) is 4.23. The van der Waals surface area contributed by atoms with Crippen molar-refractivity contribution in [3.8, 4) is 11.6 Å². The van der Waals surface area contributed by atoms with Gasteiger partial charge in [0.1, 0.15) is 11.3 Å². The number of pyridine rings is 1. The number of aromatic carboxylic acids is 1. The second-order valence-electron chi connectivity index (χ2n) is 5.48. The summed E-state index contributed by atoms with van der Waals surface area (Å²) in [6.07, 6.45) is 2.80. The Hall–Kier alpha value is -2.36. The van der Waals surface area contributed by atoms with E-state index in [9.17, 15) is 9.90 Å². The molecule has 0 saturated heterocycles. The van der Waals surface area contributed by atoms with Crippen molar-refractivity contribution >= 4 is 5.97 Å². The maximum absolute atomic E-state index is 11.4. The van der Waals surface area contributed by atoms with Gasteiger partial charge in [0.15, 0.2) is 0 Å². The monoisotopic (exact) mass is 283 g/mol. The van der Waals surface area contributed by atoms with Crippen molar-refractivity contribution in [1.82, 2.24) is 4.98 Å². The minimum absolute atomic E-state index is 0.135. The number of benzene rings is 1. The molecule has 3 rings (SSSR count). The number of nitrogens with zero attached hydrogens (tertiary/aromatic N) is 1.